The van der Waals surface area contributed by atoms with Crippen molar-refractivity contribution < 1.29 is 18.3 Å². The van der Waals surface area contributed by atoms with Crippen LogP contribution in [0.1, 0.15) is 17.5 Å². The molecule has 4 aromatic rings. The number of benzene rings is 3. The fourth-order valence-electron chi connectivity index (χ4n) is 3.43. The fourth-order valence-corrected chi connectivity index (χ4v) is 3.43. The number of hydrogen-bond donors (Lipinski definition) is 1. The maximum absolute atomic E-state index is 13.6. The highest BCUT2D eigenvalue weighted by Crippen LogP contribution is 2.30. The molecular weight excluding hydrogens is 445 g/mol. The predicted octanol–water partition coefficient (Wildman–Crippen LogP) is 5.33. The van der Waals surface area contributed by atoms with Crippen molar-refractivity contribution in [1.82, 2.24) is 4.98 Å². The standard InChI is InChI=1S/C25H26FN3O3.ClH/c1-30-24-14-19(8-10-23(24)31-17-18-6-3-2-4-7-18)16-29(13-5-12-27)25-28-21-15-20(26)9-11-22(21)32-25;/h2-4,6-11,14-15H,5,12-13,16-17,27H2,1H3;1H. The second-order valence-corrected chi connectivity index (χ2v) is 7.43. The van der Waals surface area contributed by atoms with E-state index < -0.39 is 0 Å². The monoisotopic (exact) mass is 471 g/mol. The van der Waals surface area contributed by atoms with Gasteiger partial charge in [-0.25, -0.2) is 4.39 Å². The van der Waals surface area contributed by atoms with E-state index in [-0.39, 0.29) is 18.2 Å². The predicted molar refractivity (Wildman–Crippen MR) is 130 cm³/mol. The summed E-state index contributed by atoms with van der Waals surface area (Å²) in [6.07, 6.45) is 0.766. The van der Waals surface area contributed by atoms with E-state index >= 15 is 0 Å². The lowest BCUT2D eigenvalue weighted by Gasteiger charge is -2.21. The lowest BCUT2D eigenvalue weighted by molar-refractivity contribution is 0.284. The van der Waals surface area contributed by atoms with Gasteiger partial charge in [-0.1, -0.05) is 36.4 Å². The fraction of sp³-hybridized carbons (Fsp3) is 0.240. The number of hydrogen-bond acceptors (Lipinski definition) is 6. The summed E-state index contributed by atoms with van der Waals surface area (Å²) in [5.41, 5.74) is 8.84. The largest absolute Gasteiger partial charge is 0.493 e. The van der Waals surface area contributed by atoms with Crippen LogP contribution in [0.25, 0.3) is 11.1 Å². The molecule has 0 spiro atoms. The van der Waals surface area contributed by atoms with Crippen molar-refractivity contribution in [2.75, 3.05) is 25.1 Å². The number of oxazole rings is 1. The van der Waals surface area contributed by atoms with Crippen LogP contribution in [-0.4, -0.2) is 25.2 Å². The summed E-state index contributed by atoms with van der Waals surface area (Å²) in [6, 6.07) is 20.6. The van der Waals surface area contributed by atoms with E-state index in [1.165, 1.54) is 12.1 Å². The van der Waals surface area contributed by atoms with Crippen molar-refractivity contribution in [3.05, 3.63) is 83.7 Å². The molecule has 0 aliphatic carbocycles. The molecule has 0 saturated heterocycles. The molecule has 2 N–H and O–H groups in total. The quantitative estimate of drug-likeness (QED) is 0.337. The Morgan fingerprint density at radius 3 is 2.58 bits per heavy atom. The van der Waals surface area contributed by atoms with Crippen molar-refractivity contribution >= 4 is 29.5 Å². The number of aromatic nitrogens is 1. The highest BCUT2D eigenvalue weighted by atomic mass is 35.5. The zero-order valence-corrected chi connectivity index (χ0v) is 19.2. The lowest BCUT2D eigenvalue weighted by Crippen LogP contribution is -2.26. The Balaban J connectivity index is 0.00000306. The number of nitrogens with two attached hydrogens (primary N) is 1. The van der Waals surface area contributed by atoms with Crippen molar-refractivity contribution in [3.8, 4) is 11.5 Å². The molecule has 6 nitrogen and oxygen atoms in total. The summed E-state index contributed by atoms with van der Waals surface area (Å²) >= 11 is 0. The molecule has 0 atom stereocenters. The number of rotatable bonds is 10. The van der Waals surface area contributed by atoms with Crippen LogP contribution < -0.4 is 20.1 Å². The third kappa shape index (κ3) is 6.15. The van der Waals surface area contributed by atoms with Crippen molar-refractivity contribution in [1.29, 1.82) is 0 Å². The van der Waals surface area contributed by atoms with E-state index in [4.69, 9.17) is 19.6 Å². The number of anilines is 1. The van der Waals surface area contributed by atoms with Gasteiger partial charge in [0.05, 0.1) is 7.11 Å². The van der Waals surface area contributed by atoms with E-state index in [1.54, 1.807) is 13.2 Å². The van der Waals surface area contributed by atoms with Gasteiger partial charge in [0, 0.05) is 19.2 Å². The van der Waals surface area contributed by atoms with Crippen LogP contribution in [-0.2, 0) is 13.2 Å². The zero-order chi connectivity index (χ0) is 22.3. The van der Waals surface area contributed by atoms with Gasteiger partial charge in [0.2, 0.25) is 0 Å². The van der Waals surface area contributed by atoms with Crippen LogP contribution in [0.5, 0.6) is 11.5 Å². The van der Waals surface area contributed by atoms with Crippen LogP contribution in [0.3, 0.4) is 0 Å². The SMILES string of the molecule is COc1cc(CN(CCCN)c2nc3cc(F)ccc3o2)ccc1OCc1ccccc1.Cl. The third-order valence-electron chi connectivity index (χ3n) is 5.08. The topological polar surface area (TPSA) is 73.8 Å². The zero-order valence-electron chi connectivity index (χ0n) is 18.4. The molecule has 1 aromatic heterocycles. The minimum Gasteiger partial charge on any atom is -0.493 e. The molecule has 174 valence electrons. The van der Waals surface area contributed by atoms with E-state index in [9.17, 15) is 4.39 Å². The molecule has 0 amide bonds. The van der Waals surface area contributed by atoms with Gasteiger partial charge in [-0.05, 0) is 48.4 Å². The first-order valence-electron chi connectivity index (χ1n) is 10.5. The Kier molecular flexibility index (Phi) is 8.52. The number of nitrogens with zero attached hydrogens (tertiary/aromatic N) is 2. The molecule has 0 aliphatic heterocycles. The number of methoxy groups -OCH3 is 1. The second-order valence-electron chi connectivity index (χ2n) is 7.43. The summed E-state index contributed by atoms with van der Waals surface area (Å²) < 4.78 is 30.9. The highest BCUT2D eigenvalue weighted by Gasteiger charge is 2.16. The summed E-state index contributed by atoms with van der Waals surface area (Å²) in [7, 11) is 1.62. The van der Waals surface area contributed by atoms with Crippen molar-refractivity contribution in [2.45, 2.75) is 19.6 Å². The van der Waals surface area contributed by atoms with E-state index in [0.717, 1.165) is 17.5 Å². The molecule has 0 radical (unpaired) electrons. The molecule has 0 saturated carbocycles. The molecule has 0 aliphatic rings. The smallest absolute Gasteiger partial charge is 0.298 e. The molecular formula is C25H27ClFN3O3. The van der Waals surface area contributed by atoms with E-state index in [2.05, 4.69) is 4.98 Å². The molecule has 3 aromatic carbocycles. The summed E-state index contributed by atoms with van der Waals surface area (Å²) in [4.78, 5) is 6.46. The summed E-state index contributed by atoms with van der Waals surface area (Å²) in [6.45, 7) is 2.19. The van der Waals surface area contributed by atoms with Gasteiger partial charge in [0.15, 0.2) is 17.1 Å². The summed E-state index contributed by atoms with van der Waals surface area (Å²) in [5.74, 6) is 0.976. The minimum absolute atomic E-state index is 0. The first-order valence-corrected chi connectivity index (χ1v) is 10.5. The average Bonchev–Trinajstić information content (AvgIpc) is 3.24. The number of ether oxygens (including phenoxy) is 2. The Morgan fingerprint density at radius 2 is 1.82 bits per heavy atom. The second kappa shape index (κ2) is 11.5. The van der Waals surface area contributed by atoms with Gasteiger partial charge in [-0.15, -0.1) is 12.4 Å². The molecule has 0 bridgehead atoms. The Morgan fingerprint density at radius 1 is 1.00 bits per heavy atom. The molecule has 1 heterocycles. The molecule has 4 rings (SSSR count). The first-order chi connectivity index (χ1) is 15.7. The average molecular weight is 472 g/mol. The number of halogens is 2. The van der Waals surface area contributed by atoms with Gasteiger partial charge in [-0.3, -0.25) is 0 Å². The maximum Gasteiger partial charge on any atom is 0.298 e. The van der Waals surface area contributed by atoms with Gasteiger partial charge >= 0.3 is 0 Å². The van der Waals surface area contributed by atoms with Crippen LogP contribution in [0.15, 0.2) is 71.1 Å². The Labute approximate surface area is 198 Å². The van der Waals surface area contributed by atoms with E-state index in [0.29, 0.717) is 54.9 Å². The third-order valence-corrected chi connectivity index (χ3v) is 5.08. The van der Waals surface area contributed by atoms with Crippen LogP contribution in [0.4, 0.5) is 10.4 Å². The maximum atomic E-state index is 13.6. The molecule has 0 fully saturated rings. The Hall–Kier alpha value is -3.29. The van der Waals surface area contributed by atoms with Crippen LogP contribution in [0, 0.1) is 5.82 Å². The first kappa shape index (κ1) is 24.4. The number of fused-ring (bicyclic) bond motifs is 1. The lowest BCUT2D eigenvalue weighted by atomic mass is 10.2. The van der Waals surface area contributed by atoms with Gasteiger partial charge in [0.1, 0.15) is 17.9 Å². The van der Waals surface area contributed by atoms with Gasteiger partial charge in [0.25, 0.3) is 6.01 Å². The van der Waals surface area contributed by atoms with Gasteiger partial charge in [-0.2, -0.15) is 4.98 Å². The summed E-state index contributed by atoms with van der Waals surface area (Å²) in [5, 5.41) is 0. The molecule has 8 heteroatoms. The van der Waals surface area contributed by atoms with Crippen LogP contribution in [0.2, 0.25) is 0 Å². The molecule has 33 heavy (non-hydrogen) atoms. The van der Waals surface area contributed by atoms with Crippen molar-refractivity contribution in [2.24, 2.45) is 5.73 Å². The van der Waals surface area contributed by atoms with Crippen molar-refractivity contribution in [3.63, 3.8) is 0 Å². The highest BCUT2D eigenvalue weighted by molar-refractivity contribution is 5.85. The van der Waals surface area contributed by atoms with E-state index in [1.807, 2.05) is 53.4 Å². The van der Waals surface area contributed by atoms with Crippen LogP contribution >= 0.6 is 12.4 Å². The Bertz CT molecular complexity index is 1170. The normalized spacial score (nSPS) is 10.6. The minimum atomic E-state index is -0.346. The molecule has 0 unspecified atom stereocenters. The van der Waals surface area contributed by atoms with Gasteiger partial charge < -0.3 is 24.5 Å².